The van der Waals surface area contributed by atoms with Gasteiger partial charge in [0.1, 0.15) is 5.69 Å². The third-order valence-electron chi connectivity index (χ3n) is 1.78. The third-order valence-corrected chi connectivity index (χ3v) is 2.00. The van der Waals surface area contributed by atoms with Gasteiger partial charge in [0.25, 0.3) is 5.91 Å². The maximum atomic E-state index is 11.7. The van der Waals surface area contributed by atoms with Gasteiger partial charge in [0, 0.05) is 21.1 Å². The summed E-state index contributed by atoms with van der Waals surface area (Å²) in [6, 6.07) is 0. The number of rotatable bonds is 3. The van der Waals surface area contributed by atoms with Crippen molar-refractivity contribution < 1.29 is 9.59 Å². The maximum absolute atomic E-state index is 11.7. The number of anilines is 1. The fraction of sp³-hybridized carbons (Fsp3) is 0.375. The summed E-state index contributed by atoms with van der Waals surface area (Å²) in [7, 11) is 4.75. The minimum atomic E-state index is -0.258. The number of carbonyl (C=O) groups excluding carboxylic acids is 2. The van der Waals surface area contributed by atoms with Crippen molar-refractivity contribution in [2.45, 2.75) is 5.16 Å². The molecule has 0 fully saturated rings. The molecule has 1 aromatic heterocycles. The Bertz CT molecular complexity index is 388. The van der Waals surface area contributed by atoms with Crippen LogP contribution in [0.3, 0.4) is 0 Å². The maximum Gasteiger partial charge on any atom is 0.273 e. The van der Waals surface area contributed by atoms with Crippen molar-refractivity contribution in [3.63, 3.8) is 0 Å². The van der Waals surface area contributed by atoms with Crippen molar-refractivity contribution in [1.82, 2.24) is 14.9 Å². The van der Waals surface area contributed by atoms with E-state index in [9.17, 15) is 9.59 Å². The predicted octanol–water partition coefficient (Wildman–Crippen LogP) is -0.00720. The highest BCUT2D eigenvalue weighted by molar-refractivity contribution is 7.80. The van der Waals surface area contributed by atoms with Gasteiger partial charge >= 0.3 is 0 Å². The van der Waals surface area contributed by atoms with E-state index in [1.807, 2.05) is 0 Å². The largest absolute Gasteiger partial charge is 0.343 e. The van der Waals surface area contributed by atoms with Crippen LogP contribution in [0, 0.1) is 0 Å². The minimum Gasteiger partial charge on any atom is -0.343 e. The Balaban J connectivity index is 3.17. The summed E-state index contributed by atoms with van der Waals surface area (Å²) in [5, 5.41) is 0.295. The quantitative estimate of drug-likeness (QED) is 0.565. The van der Waals surface area contributed by atoms with E-state index in [0.29, 0.717) is 11.6 Å². The highest BCUT2D eigenvalue weighted by atomic mass is 32.1. The topological polar surface area (TPSA) is 69.3 Å². The molecule has 1 heterocycles. The first kappa shape index (κ1) is 11.6. The van der Waals surface area contributed by atoms with Crippen LogP contribution in [0.5, 0.6) is 0 Å². The Hall–Kier alpha value is -1.50. The fourth-order valence-corrected chi connectivity index (χ4v) is 1.24. The molecule has 1 rings (SSSR count). The second kappa shape index (κ2) is 4.35. The van der Waals surface area contributed by atoms with Gasteiger partial charge in [0.05, 0.1) is 0 Å². The molecule has 1 aromatic rings. The number of aromatic nitrogens is 2. The van der Waals surface area contributed by atoms with E-state index in [1.54, 1.807) is 14.1 Å². The number of H-pyrrole nitrogens is 1. The summed E-state index contributed by atoms with van der Waals surface area (Å²) in [4.78, 5) is 31.5. The summed E-state index contributed by atoms with van der Waals surface area (Å²) >= 11 is 3.99. The number of hydrogen-bond donors (Lipinski definition) is 2. The second-order valence-electron chi connectivity index (χ2n) is 3.17. The number of imidazole rings is 1. The molecule has 0 aliphatic heterocycles. The van der Waals surface area contributed by atoms with Crippen LogP contribution in [-0.4, -0.2) is 48.3 Å². The van der Waals surface area contributed by atoms with Crippen LogP contribution in [0.25, 0.3) is 0 Å². The Morgan fingerprint density at radius 1 is 1.47 bits per heavy atom. The van der Waals surface area contributed by atoms with E-state index in [1.165, 1.54) is 16.8 Å². The number of nitrogens with zero attached hydrogens (tertiary/aromatic N) is 3. The lowest BCUT2D eigenvalue weighted by atomic mass is 10.3. The van der Waals surface area contributed by atoms with Gasteiger partial charge in [-0.15, -0.1) is 12.6 Å². The molecule has 15 heavy (non-hydrogen) atoms. The zero-order valence-electron chi connectivity index (χ0n) is 8.68. The second-order valence-corrected chi connectivity index (χ2v) is 3.60. The van der Waals surface area contributed by atoms with Gasteiger partial charge in [-0.25, -0.2) is 4.98 Å². The highest BCUT2D eigenvalue weighted by Crippen LogP contribution is 2.18. The Kier molecular flexibility index (Phi) is 3.35. The number of aromatic amines is 1. The summed E-state index contributed by atoms with van der Waals surface area (Å²) < 4.78 is 0. The van der Waals surface area contributed by atoms with Gasteiger partial charge in [-0.3, -0.25) is 9.59 Å². The lowest BCUT2D eigenvalue weighted by Gasteiger charge is -2.12. The first-order valence-electron chi connectivity index (χ1n) is 4.16. The molecule has 0 bridgehead atoms. The van der Waals surface area contributed by atoms with Crippen molar-refractivity contribution >= 4 is 30.8 Å². The molecule has 0 atom stereocenters. The molecule has 0 aromatic carbocycles. The minimum absolute atomic E-state index is 0.250. The van der Waals surface area contributed by atoms with Crippen molar-refractivity contribution in [1.29, 1.82) is 0 Å². The van der Waals surface area contributed by atoms with Gasteiger partial charge in [0.2, 0.25) is 6.41 Å². The summed E-state index contributed by atoms with van der Waals surface area (Å²) in [5.41, 5.74) is 0.250. The van der Waals surface area contributed by atoms with Crippen LogP contribution < -0.4 is 4.90 Å². The Labute approximate surface area is 92.7 Å². The normalized spacial score (nSPS) is 9.87. The lowest BCUT2D eigenvalue weighted by molar-refractivity contribution is -0.107. The van der Waals surface area contributed by atoms with Gasteiger partial charge in [-0.1, -0.05) is 0 Å². The zero-order chi connectivity index (χ0) is 11.6. The van der Waals surface area contributed by atoms with Crippen LogP contribution >= 0.6 is 12.6 Å². The molecule has 0 saturated carbocycles. The first-order valence-corrected chi connectivity index (χ1v) is 4.60. The van der Waals surface area contributed by atoms with Gasteiger partial charge in [-0.2, -0.15) is 0 Å². The average Bonchev–Trinajstić information content (AvgIpc) is 2.57. The average molecular weight is 228 g/mol. The highest BCUT2D eigenvalue weighted by Gasteiger charge is 2.20. The van der Waals surface area contributed by atoms with Gasteiger partial charge in [-0.05, 0) is 0 Å². The molecule has 0 unspecified atom stereocenters. The fourth-order valence-electron chi connectivity index (χ4n) is 1.03. The van der Waals surface area contributed by atoms with Crippen LogP contribution in [0.2, 0.25) is 0 Å². The van der Waals surface area contributed by atoms with Crippen molar-refractivity contribution in [3.8, 4) is 0 Å². The molecule has 0 saturated heterocycles. The van der Waals surface area contributed by atoms with E-state index in [0.717, 1.165) is 0 Å². The zero-order valence-corrected chi connectivity index (χ0v) is 9.58. The summed E-state index contributed by atoms with van der Waals surface area (Å²) in [5.74, 6) is 0.0141. The molecule has 1 N–H and O–H groups in total. The van der Waals surface area contributed by atoms with Crippen molar-refractivity contribution in [2.75, 3.05) is 26.0 Å². The molecular weight excluding hydrogens is 216 g/mol. The lowest BCUT2D eigenvalue weighted by Crippen LogP contribution is -2.25. The van der Waals surface area contributed by atoms with E-state index >= 15 is 0 Å². The molecule has 6 nitrogen and oxygen atoms in total. The van der Waals surface area contributed by atoms with Crippen LogP contribution in [-0.2, 0) is 4.79 Å². The van der Waals surface area contributed by atoms with E-state index in [4.69, 9.17) is 0 Å². The van der Waals surface area contributed by atoms with Crippen LogP contribution in [0.4, 0.5) is 5.82 Å². The molecule has 2 amide bonds. The molecule has 7 heteroatoms. The summed E-state index contributed by atoms with van der Waals surface area (Å²) in [6.07, 6.45) is 0.579. The molecule has 0 aliphatic carbocycles. The number of hydrogen-bond acceptors (Lipinski definition) is 4. The van der Waals surface area contributed by atoms with Crippen LogP contribution in [0.15, 0.2) is 5.16 Å². The number of amides is 2. The first-order chi connectivity index (χ1) is 6.97. The SMILES string of the molecule is CN(C)C(=O)c1[nH]c(S)nc1N(C)C=O. The monoisotopic (exact) mass is 228 g/mol. The standard InChI is InChI=1S/C8H12N4O2S/c1-11(2)7(14)5-6(12(3)4-13)10-8(15)9-5/h4H,1-3H3,(H2,9,10,15). The predicted molar refractivity (Wildman–Crippen MR) is 58.3 cm³/mol. The molecular formula is C8H12N4O2S. The van der Waals surface area contributed by atoms with Gasteiger partial charge < -0.3 is 14.8 Å². The molecule has 0 radical (unpaired) electrons. The van der Waals surface area contributed by atoms with Gasteiger partial charge in [0.15, 0.2) is 11.0 Å². The van der Waals surface area contributed by atoms with Crippen molar-refractivity contribution in [3.05, 3.63) is 5.69 Å². The Morgan fingerprint density at radius 3 is 2.53 bits per heavy atom. The summed E-state index contributed by atoms with van der Waals surface area (Å²) in [6.45, 7) is 0. The molecule has 0 aliphatic rings. The number of nitrogens with one attached hydrogen (secondary N) is 1. The number of carbonyl (C=O) groups is 2. The third kappa shape index (κ3) is 2.30. The number of thiol groups is 1. The molecule has 82 valence electrons. The molecule has 0 spiro atoms. The van der Waals surface area contributed by atoms with Crippen molar-refractivity contribution in [2.24, 2.45) is 0 Å². The smallest absolute Gasteiger partial charge is 0.273 e. The van der Waals surface area contributed by atoms with E-state index in [2.05, 4.69) is 22.6 Å². The van der Waals surface area contributed by atoms with E-state index in [-0.39, 0.29) is 17.4 Å². The Morgan fingerprint density at radius 2 is 2.07 bits per heavy atom. The van der Waals surface area contributed by atoms with Crippen LogP contribution in [0.1, 0.15) is 10.5 Å². The van der Waals surface area contributed by atoms with E-state index < -0.39 is 0 Å².